The van der Waals surface area contributed by atoms with Gasteiger partial charge < -0.3 is 5.11 Å². The Labute approximate surface area is 113 Å². The maximum Gasteiger partial charge on any atom is 0.124 e. The first-order valence-electron chi connectivity index (χ1n) is 6.58. The zero-order chi connectivity index (χ0) is 14.0. The summed E-state index contributed by atoms with van der Waals surface area (Å²) in [4.78, 5) is 0. The molecule has 0 saturated heterocycles. The van der Waals surface area contributed by atoms with Crippen molar-refractivity contribution in [1.29, 1.82) is 0 Å². The van der Waals surface area contributed by atoms with Gasteiger partial charge in [-0.25, -0.2) is 4.39 Å². The fraction of sp³-hybridized carbons (Fsp3) is 0.294. The minimum Gasteiger partial charge on any atom is -0.507 e. The van der Waals surface area contributed by atoms with Gasteiger partial charge in [0.05, 0.1) is 0 Å². The van der Waals surface area contributed by atoms with E-state index < -0.39 is 0 Å². The van der Waals surface area contributed by atoms with Gasteiger partial charge in [-0.1, -0.05) is 45.0 Å². The van der Waals surface area contributed by atoms with Gasteiger partial charge in [-0.15, -0.1) is 0 Å². The molecule has 2 rings (SSSR count). The normalized spacial score (nSPS) is 12.7. The second-order valence-corrected chi connectivity index (χ2v) is 5.32. The van der Waals surface area contributed by atoms with Gasteiger partial charge >= 0.3 is 0 Å². The Bertz CT molecular complexity index is 558. The van der Waals surface area contributed by atoms with Crippen molar-refractivity contribution < 1.29 is 9.50 Å². The quantitative estimate of drug-likeness (QED) is 0.825. The highest BCUT2D eigenvalue weighted by molar-refractivity contribution is 5.70. The van der Waals surface area contributed by atoms with Crippen LogP contribution in [0.15, 0.2) is 42.5 Å². The van der Waals surface area contributed by atoms with Gasteiger partial charge in [0.2, 0.25) is 0 Å². The summed E-state index contributed by atoms with van der Waals surface area (Å²) in [6.45, 7) is 6.58. The second kappa shape index (κ2) is 5.43. The Morgan fingerprint density at radius 3 is 2.16 bits per heavy atom. The number of halogens is 1. The standard InChI is InChI=1S/C17H19FO/c1-11(2)12(3)13-4-6-14(7-5-13)16-10-15(18)8-9-17(16)19/h4-12,19H,1-3H3. The Morgan fingerprint density at radius 1 is 0.947 bits per heavy atom. The number of hydrogen-bond acceptors (Lipinski definition) is 1. The van der Waals surface area contributed by atoms with Crippen LogP contribution in [-0.4, -0.2) is 5.11 Å². The van der Waals surface area contributed by atoms with Crippen molar-refractivity contribution in [2.45, 2.75) is 26.7 Å². The lowest BCUT2D eigenvalue weighted by atomic mass is 9.89. The Hall–Kier alpha value is -1.83. The van der Waals surface area contributed by atoms with Crippen molar-refractivity contribution in [1.82, 2.24) is 0 Å². The molecular weight excluding hydrogens is 239 g/mol. The summed E-state index contributed by atoms with van der Waals surface area (Å²) in [6, 6.07) is 12.0. The van der Waals surface area contributed by atoms with E-state index in [0.717, 1.165) is 5.56 Å². The monoisotopic (exact) mass is 258 g/mol. The number of rotatable bonds is 3. The van der Waals surface area contributed by atoms with Crippen molar-refractivity contribution in [2.24, 2.45) is 5.92 Å². The summed E-state index contributed by atoms with van der Waals surface area (Å²) >= 11 is 0. The molecule has 0 amide bonds. The third kappa shape index (κ3) is 2.95. The lowest BCUT2D eigenvalue weighted by Crippen LogP contribution is -2.01. The highest BCUT2D eigenvalue weighted by atomic mass is 19.1. The predicted molar refractivity (Wildman–Crippen MR) is 76.8 cm³/mol. The summed E-state index contributed by atoms with van der Waals surface area (Å²) < 4.78 is 13.2. The molecule has 0 bridgehead atoms. The molecule has 1 unspecified atom stereocenters. The smallest absolute Gasteiger partial charge is 0.124 e. The van der Waals surface area contributed by atoms with Crippen LogP contribution in [0.5, 0.6) is 5.75 Å². The molecule has 0 saturated carbocycles. The molecule has 2 aromatic carbocycles. The summed E-state index contributed by atoms with van der Waals surface area (Å²) in [6.07, 6.45) is 0. The van der Waals surface area contributed by atoms with E-state index in [9.17, 15) is 9.50 Å². The largest absolute Gasteiger partial charge is 0.507 e. The summed E-state index contributed by atoms with van der Waals surface area (Å²) in [5.74, 6) is 0.821. The van der Waals surface area contributed by atoms with Crippen LogP contribution >= 0.6 is 0 Å². The minimum absolute atomic E-state index is 0.103. The molecule has 1 nitrogen and oxygen atoms in total. The van der Waals surface area contributed by atoms with Gasteiger partial charge in [0.15, 0.2) is 0 Å². The first-order valence-corrected chi connectivity index (χ1v) is 6.58. The van der Waals surface area contributed by atoms with Crippen LogP contribution in [0.3, 0.4) is 0 Å². The number of hydrogen-bond donors (Lipinski definition) is 1. The average molecular weight is 258 g/mol. The van der Waals surface area contributed by atoms with E-state index in [1.54, 1.807) is 0 Å². The van der Waals surface area contributed by atoms with E-state index in [2.05, 4.69) is 20.8 Å². The van der Waals surface area contributed by atoms with E-state index >= 15 is 0 Å². The van der Waals surface area contributed by atoms with Gasteiger partial charge in [0.25, 0.3) is 0 Å². The molecule has 1 N–H and O–H groups in total. The van der Waals surface area contributed by atoms with E-state index in [1.807, 2.05) is 24.3 Å². The Balaban J connectivity index is 2.35. The fourth-order valence-corrected chi connectivity index (χ4v) is 2.09. The number of benzene rings is 2. The second-order valence-electron chi connectivity index (χ2n) is 5.32. The maximum atomic E-state index is 13.2. The molecule has 0 fully saturated rings. The molecule has 0 spiro atoms. The summed E-state index contributed by atoms with van der Waals surface area (Å²) in [5, 5.41) is 9.79. The van der Waals surface area contributed by atoms with Crippen LogP contribution in [-0.2, 0) is 0 Å². The van der Waals surface area contributed by atoms with Gasteiger partial charge in [-0.05, 0) is 41.2 Å². The number of phenolic OH excluding ortho intramolecular Hbond substituents is 1. The average Bonchev–Trinajstić information content (AvgIpc) is 2.41. The molecule has 0 heterocycles. The van der Waals surface area contributed by atoms with Crippen LogP contribution in [0, 0.1) is 11.7 Å². The number of aromatic hydroxyl groups is 1. The van der Waals surface area contributed by atoms with Crippen LogP contribution in [0.4, 0.5) is 4.39 Å². The third-order valence-electron chi connectivity index (χ3n) is 3.71. The molecule has 19 heavy (non-hydrogen) atoms. The molecular formula is C17H19FO. The van der Waals surface area contributed by atoms with E-state index in [1.165, 1.54) is 23.8 Å². The Kier molecular flexibility index (Phi) is 3.89. The first-order chi connectivity index (χ1) is 8.99. The summed E-state index contributed by atoms with van der Waals surface area (Å²) in [7, 11) is 0. The third-order valence-corrected chi connectivity index (χ3v) is 3.71. The SMILES string of the molecule is CC(C)C(C)c1ccc(-c2cc(F)ccc2O)cc1. The molecule has 0 radical (unpaired) electrons. The van der Waals surface area contributed by atoms with Gasteiger partial charge in [-0.3, -0.25) is 0 Å². The van der Waals surface area contributed by atoms with Crippen molar-refractivity contribution in [3.63, 3.8) is 0 Å². The van der Waals surface area contributed by atoms with E-state index in [-0.39, 0.29) is 11.6 Å². The predicted octanol–water partition coefficient (Wildman–Crippen LogP) is 4.96. The van der Waals surface area contributed by atoms with Crippen molar-refractivity contribution in [2.75, 3.05) is 0 Å². The first kappa shape index (κ1) is 13.6. The topological polar surface area (TPSA) is 20.2 Å². The minimum atomic E-state index is -0.340. The van der Waals surface area contributed by atoms with Gasteiger partial charge in [0.1, 0.15) is 11.6 Å². The molecule has 0 aliphatic carbocycles. The highest BCUT2D eigenvalue weighted by Gasteiger charge is 2.11. The van der Waals surface area contributed by atoms with E-state index in [0.29, 0.717) is 17.4 Å². The van der Waals surface area contributed by atoms with Gasteiger partial charge in [0, 0.05) is 5.56 Å². The lowest BCUT2D eigenvalue weighted by Gasteiger charge is -2.16. The van der Waals surface area contributed by atoms with Crippen LogP contribution < -0.4 is 0 Å². The zero-order valence-electron chi connectivity index (χ0n) is 11.5. The molecule has 0 aliphatic heterocycles. The number of phenols is 1. The molecule has 2 aromatic rings. The fourth-order valence-electron chi connectivity index (χ4n) is 2.09. The summed E-state index contributed by atoms with van der Waals surface area (Å²) in [5.41, 5.74) is 2.62. The van der Waals surface area contributed by atoms with Crippen molar-refractivity contribution >= 4 is 0 Å². The lowest BCUT2D eigenvalue weighted by molar-refractivity contribution is 0.475. The van der Waals surface area contributed by atoms with Gasteiger partial charge in [-0.2, -0.15) is 0 Å². The zero-order valence-corrected chi connectivity index (χ0v) is 11.5. The Morgan fingerprint density at radius 2 is 1.58 bits per heavy atom. The van der Waals surface area contributed by atoms with Crippen LogP contribution in [0.2, 0.25) is 0 Å². The highest BCUT2D eigenvalue weighted by Crippen LogP contribution is 2.31. The van der Waals surface area contributed by atoms with E-state index in [4.69, 9.17) is 0 Å². The molecule has 100 valence electrons. The van der Waals surface area contributed by atoms with Crippen LogP contribution in [0.25, 0.3) is 11.1 Å². The van der Waals surface area contributed by atoms with Crippen molar-refractivity contribution in [3.8, 4) is 16.9 Å². The molecule has 2 heteroatoms. The molecule has 1 atom stereocenters. The molecule has 0 aliphatic rings. The van der Waals surface area contributed by atoms with Crippen LogP contribution in [0.1, 0.15) is 32.3 Å². The molecule has 0 aromatic heterocycles. The maximum absolute atomic E-state index is 13.2. The van der Waals surface area contributed by atoms with Crippen molar-refractivity contribution in [3.05, 3.63) is 53.8 Å².